The van der Waals surface area contributed by atoms with Gasteiger partial charge in [-0.25, -0.2) is 4.98 Å². The van der Waals surface area contributed by atoms with Gasteiger partial charge in [-0.05, 0) is 36.9 Å². The highest BCUT2D eigenvalue weighted by atomic mass is 19.3. The number of methoxy groups -OCH3 is 1. The molecule has 0 radical (unpaired) electrons. The lowest BCUT2D eigenvalue weighted by Crippen LogP contribution is -2.21. The largest absolute Gasteiger partial charge is 0.493 e. The summed E-state index contributed by atoms with van der Waals surface area (Å²) in [5, 5.41) is 0. The van der Waals surface area contributed by atoms with E-state index >= 15 is 0 Å². The van der Waals surface area contributed by atoms with Crippen LogP contribution in [0.4, 0.5) is 8.78 Å². The number of fused-ring (bicyclic) bond motifs is 1. The number of alkyl halides is 2. The summed E-state index contributed by atoms with van der Waals surface area (Å²) in [4.78, 5) is 6.47. The van der Waals surface area contributed by atoms with Crippen molar-refractivity contribution in [2.24, 2.45) is 0 Å². The Morgan fingerprint density at radius 2 is 1.96 bits per heavy atom. The molecule has 0 atom stereocenters. The number of hydrogen-bond donors (Lipinski definition) is 0. The van der Waals surface area contributed by atoms with Crippen LogP contribution < -0.4 is 9.47 Å². The van der Waals surface area contributed by atoms with E-state index in [0.29, 0.717) is 19.0 Å². The molecule has 1 heterocycles. The molecular weight excluding hydrogens is 328 g/mol. The van der Waals surface area contributed by atoms with E-state index in [1.54, 1.807) is 18.5 Å². The van der Waals surface area contributed by atoms with Gasteiger partial charge >= 0.3 is 6.61 Å². The highest BCUT2D eigenvalue weighted by molar-refractivity contribution is 5.74. The van der Waals surface area contributed by atoms with Crippen molar-refractivity contribution < 1.29 is 18.3 Å². The molecule has 0 saturated carbocycles. The van der Waals surface area contributed by atoms with Crippen molar-refractivity contribution in [1.29, 1.82) is 0 Å². The summed E-state index contributed by atoms with van der Waals surface area (Å²) in [7, 11) is 3.41. The van der Waals surface area contributed by atoms with Gasteiger partial charge in [0.1, 0.15) is 0 Å². The number of imidazole rings is 1. The van der Waals surface area contributed by atoms with Crippen molar-refractivity contribution >= 4 is 11.0 Å². The smallest absolute Gasteiger partial charge is 0.387 e. The number of para-hydroxylation sites is 2. The molecule has 3 rings (SSSR count). The van der Waals surface area contributed by atoms with Crippen molar-refractivity contribution in [2.75, 3.05) is 14.2 Å². The van der Waals surface area contributed by atoms with Crippen LogP contribution in [0.25, 0.3) is 11.0 Å². The SMILES string of the molecule is COc1cc(CN(C)Cn2cnc3ccccc32)ccc1OC(F)F. The van der Waals surface area contributed by atoms with Gasteiger partial charge in [0.2, 0.25) is 0 Å². The van der Waals surface area contributed by atoms with Gasteiger partial charge in [0, 0.05) is 6.54 Å². The maximum Gasteiger partial charge on any atom is 0.387 e. The van der Waals surface area contributed by atoms with E-state index in [1.165, 1.54) is 13.2 Å². The van der Waals surface area contributed by atoms with E-state index in [-0.39, 0.29) is 5.75 Å². The minimum atomic E-state index is -2.88. The van der Waals surface area contributed by atoms with Crippen LogP contribution in [0.3, 0.4) is 0 Å². The maximum absolute atomic E-state index is 12.4. The summed E-state index contributed by atoms with van der Waals surface area (Å²) in [6, 6.07) is 12.9. The molecule has 5 nitrogen and oxygen atoms in total. The van der Waals surface area contributed by atoms with E-state index in [2.05, 4.69) is 19.2 Å². The number of ether oxygens (including phenoxy) is 2. The fraction of sp³-hybridized carbons (Fsp3) is 0.278. The predicted octanol–water partition coefficient (Wildman–Crippen LogP) is 3.74. The third-order valence-corrected chi connectivity index (χ3v) is 3.82. The molecular formula is C18H19F2N3O2. The van der Waals surface area contributed by atoms with Gasteiger partial charge in [-0.3, -0.25) is 4.90 Å². The molecule has 25 heavy (non-hydrogen) atoms. The molecule has 0 amide bonds. The molecule has 3 aromatic rings. The average molecular weight is 347 g/mol. The molecule has 0 spiro atoms. The monoisotopic (exact) mass is 347 g/mol. The second-order valence-corrected chi connectivity index (χ2v) is 5.72. The Morgan fingerprint density at radius 1 is 1.16 bits per heavy atom. The summed E-state index contributed by atoms with van der Waals surface area (Å²) in [5.41, 5.74) is 2.95. The van der Waals surface area contributed by atoms with Crippen LogP contribution in [-0.2, 0) is 13.2 Å². The highest BCUT2D eigenvalue weighted by Crippen LogP contribution is 2.29. The van der Waals surface area contributed by atoms with Crippen LogP contribution in [0.1, 0.15) is 5.56 Å². The zero-order valence-electron chi connectivity index (χ0n) is 14.0. The molecule has 0 bridgehead atoms. The van der Waals surface area contributed by atoms with Crippen LogP contribution >= 0.6 is 0 Å². The van der Waals surface area contributed by atoms with E-state index < -0.39 is 6.61 Å². The minimum Gasteiger partial charge on any atom is -0.493 e. The molecule has 0 fully saturated rings. The predicted molar refractivity (Wildman–Crippen MR) is 90.8 cm³/mol. The van der Waals surface area contributed by atoms with Crippen molar-refractivity contribution in [3.63, 3.8) is 0 Å². The van der Waals surface area contributed by atoms with E-state index in [1.807, 2.05) is 31.3 Å². The minimum absolute atomic E-state index is 0.0320. The number of aromatic nitrogens is 2. The second kappa shape index (κ2) is 7.48. The lowest BCUT2D eigenvalue weighted by atomic mass is 10.2. The Balaban J connectivity index is 1.71. The number of halogens is 2. The van der Waals surface area contributed by atoms with Gasteiger partial charge in [-0.2, -0.15) is 8.78 Å². The summed E-state index contributed by atoms with van der Waals surface area (Å²) in [6.45, 7) is -1.60. The van der Waals surface area contributed by atoms with E-state index in [4.69, 9.17) is 4.74 Å². The Hall–Kier alpha value is -2.67. The van der Waals surface area contributed by atoms with Crippen LogP contribution in [0.15, 0.2) is 48.8 Å². The Kier molecular flexibility index (Phi) is 5.14. The fourth-order valence-corrected chi connectivity index (χ4v) is 2.75. The number of rotatable bonds is 7. The molecule has 7 heteroatoms. The van der Waals surface area contributed by atoms with Crippen LogP contribution in [0, 0.1) is 0 Å². The van der Waals surface area contributed by atoms with Gasteiger partial charge in [-0.1, -0.05) is 18.2 Å². The van der Waals surface area contributed by atoms with Crippen LogP contribution in [-0.4, -0.2) is 35.2 Å². The van der Waals surface area contributed by atoms with E-state index in [9.17, 15) is 8.78 Å². The van der Waals surface area contributed by atoms with Crippen molar-refractivity contribution in [2.45, 2.75) is 19.8 Å². The Morgan fingerprint density at radius 3 is 2.72 bits per heavy atom. The first-order chi connectivity index (χ1) is 12.1. The maximum atomic E-state index is 12.4. The third kappa shape index (κ3) is 4.06. The lowest BCUT2D eigenvalue weighted by Gasteiger charge is -2.19. The second-order valence-electron chi connectivity index (χ2n) is 5.72. The van der Waals surface area contributed by atoms with Gasteiger partial charge in [-0.15, -0.1) is 0 Å². The summed E-state index contributed by atoms with van der Waals surface area (Å²) >= 11 is 0. The molecule has 0 saturated heterocycles. The first kappa shape index (κ1) is 17.2. The first-order valence-corrected chi connectivity index (χ1v) is 7.77. The Labute approximate surface area is 144 Å². The number of benzene rings is 2. The Bertz CT molecular complexity index is 851. The quantitative estimate of drug-likeness (QED) is 0.653. The zero-order valence-corrected chi connectivity index (χ0v) is 14.0. The van der Waals surface area contributed by atoms with E-state index in [0.717, 1.165) is 16.6 Å². The molecule has 132 valence electrons. The topological polar surface area (TPSA) is 39.5 Å². The normalized spacial score (nSPS) is 11.4. The zero-order chi connectivity index (χ0) is 17.8. The van der Waals surface area contributed by atoms with Gasteiger partial charge in [0.15, 0.2) is 11.5 Å². The molecule has 0 unspecified atom stereocenters. The van der Waals surface area contributed by atoms with Crippen molar-refractivity contribution in [3.05, 3.63) is 54.4 Å². The summed E-state index contributed by atoms with van der Waals surface area (Å²) in [5.74, 6) is 0.323. The van der Waals surface area contributed by atoms with Gasteiger partial charge in [0.05, 0.1) is 31.1 Å². The summed E-state index contributed by atoms with van der Waals surface area (Å²) < 4.78 is 36.4. The van der Waals surface area contributed by atoms with Gasteiger partial charge < -0.3 is 14.0 Å². The fourth-order valence-electron chi connectivity index (χ4n) is 2.75. The average Bonchev–Trinajstić information content (AvgIpc) is 2.99. The van der Waals surface area contributed by atoms with Crippen LogP contribution in [0.2, 0.25) is 0 Å². The molecule has 0 aliphatic rings. The standard InChI is InChI=1S/C18H19F2N3O2/c1-22(12-23-11-21-14-5-3-4-6-15(14)23)10-13-7-8-16(25-18(19)20)17(9-13)24-2/h3-9,11,18H,10,12H2,1-2H3. The summed E-state index contributed by atoms with van der Waals surface area (Å²) in [6.07, 6.45) is 1.81. The molecule has 1 aromatic heterocycles. The van der Waals surface area contributed by atoms with Gasteiger partial charge in [0.25, 0.3) is 0 Å². The van der Waals surface area contributed by atoms with Crippen LogP contribution in [0.5, 0.6) is 11.5 Å². The molecule has 0 N–H and O–H groups in total. The number of hydrogen-bond acceptors (Lipinski definition) is 4. The molecule has 0 aliphatic heterocycles. The molecule has 0 aliphatic carbocycles. The number of nitrogens with zero attached hydrogens (tertiary/aromatic N) is 3. The van der Waals surface area contributed by atoms with Crippen molar-refractivity contribution in [3.8, 4) is 11.5 Å². The van der Waals surface area contributed by atoms with Crippen molar-refractivity contribution in [1.82, 2.24) is 14.5 Å². The third-order valence-electron chi connectivity index (χ3n) is 3.82. The first-order valence-electron chi connectivity index (χ1n) is 7.77. The molecule has 2 aromatic carbocycles. The highest BCUT2D eigenvalue weighted by Gasteiger charge is 2.12. The lowest BCUT2D eigenvalue weighted by molar-refractivity contribution is -0.0512.